The van der Waals surface area contributed by atoms with E-state index in [1.165, 1.54) is 33.9 Å². The zero-order valence-electron chi connectivity index (χ0n) is 18.4. The number of hydrogen-bond donors (Lipinski definition) is 0. The molecule has 0 spiro atoms. The summed E-state index contributed by atoms with van der Waals surface area (Å²) in [6.07, 6.45) is -2.01. The van der Waals surface area contributed by atoms with Gasteiger partial charge in [0.05, 0.1) is 17.4 Å². The quantitative estimate of drug-likeness (QED) is 0.551. The third-order valence-electron chi connectivity index (χ3n) is 4.80. The molecule has 0 radical (unpaired) electrons. The van der Waals surface area contributed by atoms with E-state index in [4.69, 9.17) is 0 Å². The van der Waals surface area contributed by atoms with Gasteiger partial charge in [0.15, 0.2) is 5.65 Å². The van der Waals surface area contributed by atoms with Crippen molar-refractivity contribution < 1.29 is 18.0 Å². The Hall–Kier alpha value is -3.17. The molecule has 7 nitrogen and oxygen atoms in total. The monoisotopic (exact) mass is 449 g/mol. The van der Waals surface area contributed by atoms with Gasteiger partial charge in [-0.1, -0.05) is 33.8 Å². The Morgan fingerprint density at radius 1 is 1.12 bits per heavy atom. The van der Waals surface area contributed by atoms with Crippen molar-refractivity contribution in [3.63, 3.8) is 0 Å². The van der Waals surface area contributed by atoms with E-state index in [0.29, 0.717) is 13.1 Å². The van der Waals surface area contributed by atoms with E-state index in [9.17, 15) is 22.8 Å². The van der Waals surface area contributed by atoms with Crippen molar-refractivity contribution in [1.29, 1.82) is 0 Å². The summed E-state index contributed by atoms with van der Waals surface area (Å²) >= 11 is 0. The molecule has 0 saturated heterocycles. The second-order valence-electron chi connectivity index (χ2n) is 8.61. The lowest BCUT2D eigenvalue weighted by Crippen LogP contribution is -2.40. The van der Waals surface area contributed by atoms with Crippen LogP contribution >= 0.6 is 0 Å². The first kappa shape index (κ1) is 23.5. The van der Waals surface area contributed by atoms with Crippen LogP contribution in [0.2, 0.25) is 0 Å². The van der Waals surface area contributed by atoms with Crippen molar-refractivity contribution in [2.24, 2.45) is 11.8 Å². The summed E-state index contributed by atoms with van der Waals surface area (Å²) in [4.78, 5) is 31.7. The summed E-state index contributed by atoms with van der Waals surface area (Å²) in [7, 11) is 0. The number of alkyl halides is 3. The van der Waals surface area contributed by atoms with Gasteiger partial charge >= 0.3 is 6.18 Å². The largest absolute Gasteiger partial charge is 0.416 e. The van der Waals surface area contributed by atoms with Crippen LogP contribution in [-0.4, -0.2) is 43.2 Å². The van der Waals surface area contributed by atoms with Crippen molar-refractivity contribution in [1.82, 2.24) is 24.2 Å². The van der Waals surface area contributed by atoms with Crippen molar-refractivity contribution in [2.45, 2.75) is 40.4 Å². The van der Waals surface area contributed by atoms with Crippen LogP contribution in [-0.2, 0) is 17.5 Å². The second-order valence-corrected chi connectivity index (χ2v) is 8.61. The second kappa shape index (κ2) is 9.13. The van der Waals surface area contributed by atoms with Gasteiger partial charge in [0, 0.05) is 13.1 Å². The van der Waals surface area contributed by atoms with E-state index in [2.05, 4.69) is 10.1 Å². The van der Waals surface area contributed by atoms with E-state index in [1.54, 1.807) is 4.90 Å². The molecule has 0 aliphatic rings. The Kier molecular flexibility index (Phi) is 6.71. The average Bonchev–Trinajstić information content (AvgIpc) is 3.13. The van der Waals surface area contributed by atoms with Crippen molar-refractivity contribution in [3.05, 3.63) is 52.7 Å². The van der Waals surface area contributed by atoms with E-state index in [0.717, 1.165) is 12.1 Å². The van der Waals surface area contributed by atoms with Gasteiger partial charge < -0.3 is 4.90 Å². The molecule has 172 valence electrons. The van der Waals surface area contributed by atoms with Crippen LogP contribution in [0.25, 0.3) is 16.7 Å². The summed E-state index contributed by atoms with van der Waals surface area (Å²) in [6.45, 7) is 9.05. The van der Waals surface area contributed by atoms with Crippen LogP contribution in [0.15, 0.2) is 41.6 Å². The molecular weight excluding hydrogens is 423 g/mol. The van der Waals surface area contributed by atoms with Gasteiger partial charge in [-0.3, -0.25) is 14.2 Å². The van der Waals surface area contributed by atoms with E-state index in [1.807, 2.05) is 27.7 Å². The fraction of sp³-hybridized carbons (Fsp3) is 0.455. The topological polar surface area (TPSA) is 73.0 Å². The van der Waals surface area contributed by atoms with Crippen molar-refractivity contribution in [3.8, 4) is 5.69 Å². The molecule has 2 aromatic heterocycles. The highest BCUT2D eigenvalue weighted by molar-refractivity contribution is 5.78. The predicted octanol–water partition coefficient (Wildman–Crippen LogP) is 3.74. The van der Waals surface area contributed by atoms with Crippen LogP contribution in [0.4, 0.5) is 13.2 Å². The third kappa shape index (κ3) is 5.17. The highest BCUT2D eigenvalue weighted by Crippen LogP contribution is 2.30. The van der Waals surface area contributed by atoms with Crippen LogP contribution in [0.3, 0.4) is 0 Å². The van der Waals surface area contributed by atoms with Gasteiger partial charge in [-0.2, -0.15) is 18.3 Å². The molecule has 0 atom stereocenters. The maximum atomic E-state index is 13.1. The number of fused-ring (bicyclic) bond motifs is 1. The molecule has 0 aliphatic heterocycles. The summed E-state index contributed by atoms with van der Waals surface area (Å²) in [5.41, 5.74) is -1.04. The van der Waals surface area contributed by atoms with Crippen molar-refractivity contribution >= 4 is 16.9 Å². The average molecular weight is 449 g/mol. The Morgan fingerprint density at radius 2 is 1.78 bits per heavy atom. The third-order valence-corrected chi connectivity index (χ3v) is 4.80. The highest BCUT2D eigenvalue weighted by atomic mass is 19.4. The zero-order valence-corrected chi connectivity index (χ0v) is 18.4. The number of carbonyl (C=O) groups excluding carboxylic acids is 1. The minimum atomic E-state index is -4.50. The van der Waals surface area contributed by atoms with Gasteiger partial charge in [-0.15, -0.1) is 0 Å². The first-order chi connectivity index (χ1) is 15.0. The molecule has 3 rings (SSSR count). The number of hydrogen-bond acceptors (Lipinski definition) is 4. The number of carbonyl (C=O) groups is 1. The zero-order chi connectivity index (χ0) is 23.6. The van der Waals surface area contributed by atoms with Crippen LogP contribution in [0.1, 0.15) is 33.3 Å². The van der Waals surface area contributed by atoms with Crippen LogP contribution in [0, 0.1) is 11.8 Å². The number of halogens is 3. The molecule has 2 heterocycles. The summed E-state index contributed by atoms with van der Waals surface area (Å²) < 4.78 is 41.5. The predicted molar refractivity (Wildman–Crippen MR) is 114 cm³/mol. The van der Waals surface area contributed by atoms with E-state index >= 15 is 0 Å². The van der Waals surface area contributed by atoms with Gasteiger partial charge in [-0.25, -0.2) is 9.67 Å². The van der Waals surface area contributed by atoms with Gasteiger partial charge in [0.2, 0.25) is 5.91 Å². The fourth-order valence-corrected chi connectivity index (χ4v) is 3.47. The Balaban J connectivity index is 1.93. The number of benzene rings is 1. The molecule has 0 saturated carbocycles. The molecule has 32 heavy (non-hydrogen) atoms. The summed E-state index contributed by atoms with van der Waals surface area (Å²) in [6, 6.07) is 4.62. The molecule has 0 N–H and O–H groups in total. The van der Waals surface area contributed by atoms with Gasteiger partial charge in [-0.05, 0) is 30.0 Å². The lowest BCUT2D eigenvalue weighted by atomic mass is 10.1. The first-order valence-electron chi connectivity index (χ1n) is 10.4. The summed E-state index contributed by atoms with van der Waals surface area (Å²) in [5.74, 6) is 0.363. The smallest absolute Gasteiger partial charge is 0.341 e. The molecule has 0 unspecified atom stereocenters. The maximum absolute atomic E-state index is 13.1. The molecule has 1 aromatic carbocycles. The Bertz CT molecular complexity index is 1150. The Morgan fingerprint density at radius 3 is 2.38 bits per heavy atom. The van der Waals surface area contributed by atoms with E-state index in [-0.39, 0.29) is 41.0 Å². The minimum Gasteiger partial charge on any atom is -0.341 e. The van der Waals surface area contributed by atoms with Gasteiger partial charge in [0.25, 0.3) is 5.56 Å². The number of nitrogens with zero attached hydrogens (tertiary/aromatic N) is 5. The minimum absolute atomic E-state index is 0.122. The van der Waals surface area contributed by atoms with Crippen LogP contribution in [0.5, 0.6) is 0 Å². The van der Waals surface area contributed by atoms with Crippen LogP contribution < -0.4 is 5.56 Å². The SMILES string of the molecule is CC(C)CN(CC(C)C)C(=O)Cn1cnc2c(cnn2-c2cccc(C(F)(F)F)c2)c1=O. The molecule has 0 bridgehead atoms. The lowest BCUT2D eigenvalue weighted by Gasteiger charge is -2.26. The maximum Gasteiger partial charge on any atom is 0.416 e. The molecule has 0 aliphatic carbocycles. The lowest BCUT2D eigenvalue weighted by molar-refractivity contribution is -0.137. The molecular formula is C22H26F3N5O2. The number of amides is 1. The molecule has 10 heteroatoms. The molecule has 3 aromatic rings. The highest BCUT2D eigenvalue weighted by Gasteiger charge is 2.30. The summed E-state index contributed by atoms with van der Waals surface area (Å²) in [5, 5.41) is 4.18. The normalized spacial score (nSPS) is 12.2. The Labute approximate surface area is 183 Å². The molecule has 1 amide bonds. The number of aromatic nitrogens is 4. The number of rotatable bonds is 7. The molecule has 0 fully saturated rings. The van der Waals surface area contributed by atoms with Gasteiger partial charge in [0.1, 0.15) is 18.3 Å². The van der Waals surface area contributed by atoms with E-state index < -0.39 is 17.3 Å². The first-order valence-corrected chi connectivity index (χ1v) is 10.4. The fourth-order valence-electron chi connectivity index (χ4n) is 3.47. The van der Waals surface area contributed by atoms with Crippen molar-refractivity contribution in [2.75, 3.05) is 13.1 Å². The standard InChI is InChI=1S/C22H26F3N5O2/c1-14(2)10-28(11-15(3)4)19(31)12-29-13-26-20-18(21(29)32)9-27-30(20)17-7-5-6-16(8-17)22(23,24)25/h5-9,13-15H,10-12H2,1-4H3.